The van der Waals surface area contributed by atoms with Gasteiger partial charge >= 0.3 is 0 Å². The van der Waals surface area contributed by atoms with Gasteiger partial charge in [0, 0.05) is 28.6 Å². The van der Waals surface area contributed by atoms with E-state index in [0.29, 0.717) is 22.9 Å². The van der Waals surface area contributed by atoms with Gasteiger partial charge in [-0.05, 0) is 48.9 Å². The molecule has 2 aromatic carbocycles. The molecule has 35 heavy (non-hydrogen) atoms. The van der Waals surface area contributed by atoms with Crippen molar-refractivity contribution in [3.05, 3.63) is 70.9 Å². The molecule has 2 amide bonds. The Balaban J connectivity index is 1.86. The van der Waals surface area contributed by atoms with Crippen LogP contribution in [0.15, 0.2) is 54.6 Å². The molecule has 0 bridgehead atoms. The number of anilines is 1. The van der Waals surface area contributed by atoms with Crippen LogP contribution in [-0.2, 0) is 10.2 Å². The molecule has 0 aliphatic heterocycles. The SMILES string of the molecule is CCCCN(CC(=O)Nc1cc(C(C)(C)C)nn1-c1ccc(OC)cc1)C(=O)c1cccc(Cl)c1. The topological polar surface area (TPSA) is 76.5 Å². The first-order chi connectivity index (χ1) is 16.6. The second-order valence-electron chi connectivity index (χ2n) is 9.41. The van der Waals surface area contributed by atoms with E-state index in [9.17, 15) is 9.59 Å². The summed E-state index contributed by atoms with van der Waals surface area (Å²) in [4.78, 5) is 27.8. The maximum atomic E-state index is 13.1. The molecule has 3 aromatic rings. The predicted octanol–water partition coefficient (Wildman–Crippen LogP) is 5.71. The van der Waals surface area contributed by atoms with Crippen LogP contribution in [-0.4, -0.2) is 46.7 Å². The lowest BCUT2D eigenvalue weighted by molar-refractivity contribution is -0.117. The average Bonchev–Trinajstić information content (AvgIpc) is 3.25. The average molecular weight is 497 g/mol. The van der Waals surface area contributed by atoms with Crippen molar-refractivity contribution in [3.63, 3.8) is 0 Å². The molecule has 0 atom stereocenters. The summed E-state index contributed by atoms with van der Waals surface area (Å²) in [5.41, 5.74) is 1.86. The van der Waals surface area contributed by atoms with E-state index in [4.69, 9.17) is 21.4 Å². The molecule has 0 saturated heterocycles. The minimum Gasteiger partial charge on any atom is -0.497 e. The third-order valence-corrected chi connectivity index (χ3v) is 5.77. The van der Waals surface area contributed by atoms with Crippen LogP contribution >= 0.6 is 11.6 Å². The first-order valence-corrected chi connectivity index (χ1v) is 12.1. The van der Waals surface area contributed by atoms with Crippen LogP contribution in [0, 0.1) is 0 Å². The van der Waals surface area contributed by atoms with Crippen LogP contribution in [0.25, 0.3) is 5.69 Å². The van der Waals surface area contributed by atoms with E-state index in [1.54, 1.807) is 41.0 Å². The van der Waals surface area contributed by atoms with E-state index in [1.165, 1.54) is 0 Å². The highest BCUT2D eigenvalue weighted by Crippen LogP contribution is 2.27. The Morgan fingerprint density at radius 2 is 1.83 bits per heavy atom. The van der Waals surface area contributed by atoms with Gasteiger partial charge in [-0.2, -0.15) is 5.10 Å². The molecule has 7 nitrogen and oxygen atoms in total. The molecule has 1 aromatic heterocycles. The normalized spacial score (nSPS) is 11.3. The summed E-state index contributed by atoms with van der Waals surface area (Å²) in [6.07, 6.45) is 1.69. The molecule has 1 N–H and O–H groups in total. The Morgan fingerprint density at radius 1 is 1.11 bits per heavy atom. The van der Waals surface area contributed by atoms with E-state index in [1.807, 2.05) is 37.3 Å². The van der Waals surface area contributed by atoms with Crippen LogP contribution < -0.4 is 10.1 Å². The van der Waals surface area contributed by atoms with E-state index in [2.05, 4.69) is 26.1 Å². The fourth-order valence-electron chi connectivity index (χ4n) is 3.52. The Labute approximate surface area is 212 Å². The number of hydrogen-bond acceptors (Lipinski definition) is 4. The Hall–Kier alpha value is -3.32. The summed E-state index contributed by atoms with van der Waals surface area (Å²) in [7, 11) is 1.61. The lowest BCUT2D eigenvalue weighted by atomic mass is 9.92. The van der Waals surface area contributed by atoms with Crippen molar-refractivity contribution in [2.24, 2.45) is 0 Å². The highest BCUT2D eigenvalue weighted by molar-refractivity contribution is 6.31. The van der Waals surface area contributed by atoms with Crippen LogP contribution in [0.3, 0.4) is 0 Å². The highest BCUT2D eigenvalue weighted by atomic mass is 35.5. The fraction of sp³-hybridized carbons (Fsp3) is 0.370. The molecule has 3 rings (SSSR count). The molecular formula is C27H33ClN4O3. The molecule has 0 saturated carbocycles. The summed E-state index contributed by atoms with van der Waals surface area (Å²) < 4.78 is 6.96. The fourth-order valence-corrected chi connectivity index (χ4v) is 3.71. The monoisotopic (exact) mass is 496 g/mol. The van der Waals surface area contributed by atoms with Gasteiger partial charge in [-0.1, -0.05) is 51.8 Å². The quantitative estimate of drug-likeness (QED) is 0.411. The smallest absolute Gasteiger partial charge is 0.254 e. The Kier molecular flexibility index (Phi) is 8.57. The number of ether oxygens (including phenoxy) is 1. The molecule has 0 radical (unpaired) electrons. The minimum absolute atomic E-state index is 0.0794. The molecule has 186 valence electrons. The second kappa shape index (κ2) is 11.4. The van der Waals surface area contributed by atoms with Crippen molar-refractivity contribution in [1.29, 1.82) is 0 Å². The van der Waals surface area contributed by atoms with Gasteiger partial charge in [-0.25, -0.2) is 4.68 Å². The summed E-state index contributed by atoms with van der Waals surface area (Å²) in [5, 5.41) is 8.19. The number of hydrogen-bond donors (Lipinski definition) is 1. The summed E-state index contributed by atoms with van der Waals surface area (Å²) in [6.45, 7) is 8.63. The maximum Gasteiger partial charge on any atom is 0.254 e. The summed E-state index contributed by atoms with van der Waals surface area (Å²) >= 11 is 6.08. The Morgan fingerprint density at radius 3 is 2.43 bits per heavy atom. The number of nitrogens with one attached hydrogen (secondary N) is 1. The number of methoxy groups -OCH3 is 1. The van der Waals surface area contributed by atoms with Gasteiger partial charge in [0.2, 0.25) is 5.91 Å². The Bertz CT molecular complexity index is 1170. The summed E-state index contributed by atoms with van der Waals surface area (Å²) in [6, 6.07) is 16.1. The second-order valence-corrected chi connectivity index (χ2v) is 9.85. The number of unbranched alkanes of at least 4 members (excludes halogenated alkanes) is 1. The molecule has 1 heterocycles. The van der Waals surface area contributed by atoms with Gasteiger partial charge in [0.1, 0.15) is 18.1 Å². The number of nitrogens with zero attached hydrogens (tertiary/aromatic N) is 3. The number of carbonyl (C=O) groups excluding carboxylic acids is 2. The van der Waals surface area contributed by atoms with Crippen LogP contribution in [0.4, 0.5) is 5.82 Å². The number of aromatic nitrogens is 2. The van der Waals surface area contributed by atoms with Gasteiger partial charge in [-0.3, -0.25) is 9.59 Å². The molecule has 8 heteroatoms. The van der Waals surface area contributed by atoms with E-state index < -0.39 is 0 Å². The van der Waals surface area contributed by atoms with Gasteiger partial charge < -0.3 is 15.0 Å². The number of benzene rings is 2. The number of amides is 2. The predicted molar refractivity (Wildman–Crippen MR) is 140 cm³/mol. The third-order valence-electron chi connectivity index (χ3n) is 5.54. The van der Waals surface area contributed by atoms with Gasteiger partial charge in [0.25, 0.3) is 5.91 Å². The van der Waals surface area contributed by atoms with Crippen LogP contribution in [0.5, 0.6) is 5.75 Å². The van der Waals surface area contributed by atoms with Crippen molar-refractivity contribution < 1.29 is 14.3 Å². The first kappa shape index (κ1) is 26.3. The molecule has 0 aliphatic carbocycles. The van der Waals surface area contributed by atoms with Crippen molar-refractivity contribution in [2.75, 3.05) is 25.5 Å². The lowest BCUT2D eigenvalue weighted by Crippen LogP contribution is -2.39. The van der Waals surface area contributed by atoms with Gasteiger partial charge in [-0.15, -0.1) is 0 Å². The van der Waals surface area contributed by atoms with E-state index in [-0.39, 0.29) is 23.8 Å². The standard InChI is InChI=1S/C27H33ClN4O3/c1-6-7-15-31(26(34)19-9-8-10-20(28)16-19)18-25(33)29-24-17-23(27(2,3)4)30-32(24)21-11-13-22(35-5)14-12-21/h8-14,16-17H,6-7,15,18H2,1-5H3,(H,29,33). The maximum absolute atomic E-state index is 13.1. The molecular weight excluding hydrogens is 464 g/mol. The zero-order valence-electron chi connectivity index (χ0n) is 21.0. The van der Waals surface area contributed by atoms with Crippen molar-refractivity contribution in [1.82, 2.24) is 14.7 Å². The molecule has 0 spiro atoms. The van der Waals surface area contributed by atoms with E-state index in [0.717, 1.165) is 30.0 Å². The minimum atomic E-state index is -0.299. The van der Waals surface area contributed by atoms with Crippen LogP contribution in [0.1, 0.15) is 56.6 Å². The molecule has 0 unspecified atom stereocenters. The van der Waals surface area contributed by atoms with Gasteiger partial charge in [0.05, 0.1) is 18.5 Å². The lowest BCUT2D eigenvalue weighted by Gasteiger charge is -2.22. The molecule has 0 aliphatic rings. The first-order valence-electron chi connectivity index (χ1n) is 11.7. The number of rotatable bonds is 9. The van der Waals surface area contributed by atoms with Crippen molar-refractivity contribution in [2.45, 2.75) is 46.0 Å². The van der Waals surface area contributed by atoms with Crippen molar-refractivity contribution in [3.8, 4) is 11.4 Å². The van der Waals surface area contributed by atoms with E-state index >= 15 is 0 Å². The summed E-state index contributed by atoms with van der Waals surface area (Å²) in [5.74, 6) is 0.742. The number of halogens is 1. The zero-order valence-corrected chi connectivity index (χ0v) is 21.7. The third kappa shape index (κ3) is 6.85. The van der Waals surface area contributed by atoms with Crippen molar-refractivity contribution >= 4 is 29.2 Å². The largest absolute Gasteiger partial charge is 0.497 e. The zero-order chi connectivity index (χ0) is 25.6. The van der Waals surface area contributed by atoms with Gasteiger partial charge in [0.15, 0.2) is 0 Å². The highest BCUT2D eigenvalue weighted by Gasteiger charge is 2.23. The molecule has 0 fully saturated rings. The number of carbonyl (C=O) groups is 2. The van der Waals surface area contributed by atoms with Crippen LogP contribution in [0.2, 0.25) is 5.02 Å².